The summed E-state index contributed by atoms with van der Waals surface area (Å²) in [5, 5.41) is 2.79. The van der Waals surface area contributed by atoms with Gasteiger partial charge < -0.3 is 14.6 Å². The average Bonchev–Trinajstić information content (AvgIpc) is 2.98. The monoisotopic (exact) mass is 397 g/mol. The standard InChI is InChI=1S/C21H23N3O3S/c1-4-27-11-10-24-18-9-8-17(22-15(3)25)13-19(18)28-21(24)23-20(26)16-7-5-6-14(2)12-16/h5-9,12-13H,4,10-11H2,1-3H3,(H,22,25). The SMILES string of the molecule is CCOCCn1c(=NC(=O)c2cccc(C)c2)sc2cc(NC(C)=O)ccc21. The van der Waals surface area contributed by atoms with Crippen LogP contribution in [0.25, 0.3) is 10.2 Å². The molecule has 0 spiro atoms. The molecule has 0 aliphatic heterocycles. The Morgan fingerprint density at radius 3 is 2.75 bits per heavy atom. The van der Waals surface area contributed by atoms with Crippen molar-refractivity contribution in [2.24, 2.45) is 4.99 Å². The number of aryl methyl sites for hydroxylation is 1. The number of carbonyl (C=O) groups excluding carboxylic acids is 2. The number of rotatable bonds is 6. The van der Waals surface area contributed by atoms with E-state index >= 15 is 0 Å². The van der Waals surface area contributed by atoms with E-state index in [1.807, 2.05) is 54.8 Å². The minimum Gasteiger partial charge on any atom is -0.380 e. The third kappa shape index (κ3) is 4.74. The summed E-state index contributed by atoms with van der Waals surface area (Å²) < 4.78 is 8.42. The summed E-state index contributed by atoms with van der Waals surface area (Å²) in [5.41, 5.74) is 3.25. The van der Waals surface area contributed by atoms with E-state index in [4.69, 9.17) is 4.74 Å². The number of ether oxygens (including phenoxy) is 1. The Hall–Kier alpha value is -2.77. The minimum atomic E-state index is -0.275. The van der Waals surface area contributed by atoms with Gasteiger partial charge in [0.15, 0.2) is 4.80 Å². The van der Waals surface area contributed by atoms with Crippen molar-refractivity contribution in [1.82, 2.24) is 4.57 Å². The molecule has 3 rings (SSSR count). The summed E-state index contributed by atoms with van der Waals surface area (Å²) in [5.74, 6) is -0.401. The Morgan fingerprint density at radius 2 is 2.04 bits per heavy atom. The summed E-state index contributed by atoms with van der Waals surface area (Å²) in [7, 11) is 0. The quantitative estimate of drug-likeness (QED) is 0.644. The Labute approximate surface area is 167 Å². The van der Waals surface area contributed by atoms with Gasteiger partial charge in [-0.2, -0.15) is 4.99 Å². The predicted molar refractivity (Wildman–Crippen MR) is 112 cm³/mol. The summed E-state index contributed by atoms with van der Waals surface area (Å²) in [4.78, 5) is 29.0. The van der Waals surface area contributed by atoms with Crippen LogP contribution >= 0.6 is 11.3 Å². The molecule has 28 heavy (non-hydrogen) atoms. The Balaban J connectivity index is 2.06. The first-order valence-electron chi connectivity index (χ1n) is 9.12. The van der Waals surface area contributed by atoms with Crippen LogP contribution in [0, 0.1) is 6.92 Å². The molecule has 3 aromatic rings. The highest BCUT2D eigenvalue weighted by Crippen LogP contribution is 2.22. The van der Waals surface area contributed by atoms with Crippen molar-refractivity contribution in [2.45, 2.75) is 27.3 Å². The van der Waals surface area contributed by atoms with Gasteiger partial charge in [0.05, 0.1) is 16.8 Å². The molecule has 2 aromatic carbocycles. The molecule has 0 aliphatic carbocycles. The number of nitrogens with zero attached hydrogens (tertiary/aromatic N) is 2. The van der Waals surface area contributed by atoms with E-state index in [0.717, 1.165) is 21.5 Å². The maximum atomic E-state index is 12.7. The van der Waals surface area contributed by atoms with Crippen molar-refractivity contribution in [3.63, 3.8) is 0 Å². The molecule has 0 unspecified atom stereocenters. The zero-order valence-electron chi connectivity index (χ0n) is 16.2. The highest BCUT2D eigenvalue weighted by atomic mass is 32.1. The first kappa shape index (κ1) is 20.0. The molecule has 0 atom stereocenters. The minimum absolute atomic E-state index is 0.125. The largest absolute Gasteiger partial charge is 0.380 e. The molecule has 0 aliphatic rings. The summed E-state index contributed by atoms with van der Waals surface area (Å²) in [6, 6.07) is 13.1. The van der Waals surface area contributed by atoms with Crippen LogP contribution in [0.3, 0.4) is 0 Å². The molecular formula is C21H23N3O3S. The van der Waals surface area contributed by atoms with Gasteiger partial charge in [-0.3, -0.25) is 9.59 Å². The van der Waals surface area contributed by atoms with Gasteiger partial charge in [-0.05, 0) is 44.2 Å². The lowest BCUT2D eigenvalue weighted by atomic mass is 10.1. The van der Waals surface area contributed by atoms with Gasteiger partial charge in [0.2, 0.25) is 5.91 Å². The van der Waals surface area contributed by atoms with Crippen LogP contribution in [0.2, 0.25) is 0 Å². The molecular weight excluding hydrogens is 374 g/mol. The van der Waals surface area contributed by atoms with Crippen LogP contribution < -0.4 is 10.1 Å². The average molecular weight is 398 g/mol. The van der Waals surface area contributed by atoms with E-state index in [1.165, 1.54) is 18.3 Å². The maximum absolute atomic E-state index is 12.7. The smallest absolute Gasteiger partial charge is 0.279 e. The fourth-order valence-electron chi connectivity index (χ4n) is 2.89. The number of amides is 2. The van der Waals surface area contributed by atoms with Crippen molar-refractivity contribution in [3.8, 4) is 0 Å². The highest BCUT2D eigenvalue weighted by molar-refractivity contribution is 7.16. The molecule has 0 radical (unpaired) electrons. The number of benzene rings is 2. The molecule has 146 valence electrons. The van der Waals surface area contributed by atoms with Crippen LogP contribution in [0.4, 0.5) is 5.69 Å². The molecule has 1 N–H and O–H groups in total. The van der Waals surface area contributed by atoms with Crippen LogP contribution in [0.5, 0.6) is 0 Å². The maximum Gasteiger partial charge on any atom is 0.279 e. The van der Waals surface area contributed by atoms with E-state index in [9.17, 15) is 9.59 Å². The van der Waals surface area contributed by atoms with Crippen molar-refractivity contribution in [2.75, 3.05) is 18.5 Å². The second-order valence-electron chi connectivity index (χ2n) is 6.38. The van der Waals surface area contributed by atoms with E-state index in [0.29, 0.717) is 30.1 Å². The molecule has 0 saturated carbocycles. The van der Waals surface area contributed by atoms with Crippen LogP contribution in [0.1, 0.15) is 29.8 Å². The molecule has 6 nitrogen and oxygen atoms in total. The molecule has 7 heteroatoms. The summed E-state index contributed by atoms with van der Waals surface area (Å²) in [6.45, 7) is 7.12. The first-order chi connectivity index (χ1) is 13.5. The summed E-state index contributed by atoms with van der Waals surface area (Å²) in [6.07, 6.45) is 0. The lowest BCUT2D eigenvalue weighted by Crippen LogP contribution is -2.19. The van der Waals surface area contributed by atoms with Gasteiger partial charge >= 0.3 is 0 Å². The lowest BCUT2D eigenvalue weighted by molar-refractivity contribution is -0.114. The topological polar surface area (TPSA) is 72.7 Å². The van der Waals surface area contributed by atoms with Crippen molar-refractivity contribution >= 4 is 39.1 Å². The van der Waals surface area contributed by atoms with Crippen LogP contribution in [-0.2, 0) is 16.1 Å². The predicted octanol–water partition coefficient (Wildman–Crippen LogP) is 3.75. The van der Waals surface area contributed by atoms with Crippen molar-refractivity contribution in [1.29, 1.82) is 0 Å². The Bertz CT molecular complexity index is 1080. The number of anilines is 1. The van der Waals surface area contributed by atoms with Gasteiger partial charge in [-0.1, -0.05) is 29.0 Å². The molecule has 1 heterocycles. The van der Waals surface area contributed by atoms with E-state index in [2.05, 4.69) is 10.3 Å². The van der Waals surface area contributed by atoms with Crippen LogP contribution in [0.15, 0.2) is 47.5 Å². The van der Waals surface area contributed by atoms with Gasteiger partial charge in [0, 0.05) is 31.3 Å². The van der Waals surface area contributed by atoms with Crippen molar-refractivity contribution < 1.29 is 14.3 Å². The van der Waals surface area contributed by atoms with Gasteiger partial charge in [0.25, 0.3) is 5.91 Å². The molecule has 2 amide bonds. The molecule has 0 saturated heterocycles. The second-order valence-corrected chi connectivity index (χ2v) is 7.39. The van der Waals surface area contributed by atoms with Gasteiger partial charge in [0.1, 0.15) is 0 Å². The third-order valence-electron chi connectivity index (χ3n) is 4.13. The van der Waals surface area contributed by atoms with E-state index in [1.54, 1.807) is 6.07 Å². The number of nitrogens with one attached hydrogen (secondary N) is 1. The first-order valence-corrected chi connectivity index (χ1v) is 9.94. The van der Waals surface area contributed by atoms with Crippen LogP contribution in [-0.4, -0.2) is 29.6 Å². The van der Waals surface area contributed by atoms with Crippen molar-refractivity contribution in [3.05, 3.63) is 58.4 Å². The lowest BCUT2D eigenvalue weighted by Gasteiger charge is -2.06. The molecule has 1 aromatic heterocycles. The fourth-order valence-corrected chi connectivity index (χ4v) is 3.98. The number of carbonyl (C=O) groups is 2. The number of thiazole rings is 1. The number of fused-ring (bicyclic) bond motifs is 1. The number of aromatic nitrogens is 1. The Morgan fingerprint density at radius 1 is 1.21 bits per heavy atom. The van der Waals surface area contributed by atoms with E-state index in [-0.39, 0.29) is 11.8 Å². The normalized spacial score (nSPS) is 11.8. The zero-order chi connectivity index (χ0) is 20.1. The highest BCUT2D eigenvalue weighted by Gasteiger charge is 2.10. The Kier molecular flexibility index (Phi) is 6.38. The van der Waals surface area contributed by atoms with Gasteiger partial charge in [-0.15, -0.1) is 0 Å². The molecule has 0 bridgehead atoms. The third-order valence-corrected chi connectivity index (χ3v) is 5.17. The fraction of sp³-hybridized carbons (Fsp3) is 0.286. The second kappa shape index (κ2) is 8.95. The summed E-state index contributed by atoms with van der Waals surface area (Å²) >= 11 is 1.42. The number of hydrogen-bond acceptors (Lipinski definition) is 4. The van der Waals surface area contributed by atoms with E-state index < -0.39 is 0 Å². The zero-order valence-corrected chi connectivity index (χ0v) is 17.0. The van der Waals surface area contributed by atoms with Gasteiger partial charge in [-0.25, -0.2) is 0 Å². The molecule has 0 fully saturated rings. The number of hydrogen-bond donors (Lipinski definition) is 1.